The Labute approximate surface area is 94.6 Å². The number of nitrogens with zero attached hydrogens (tertiary/aromatic N) is 1. The molecule has 0 spiro atoms. The van der Waals surface area contributed by atoms with Crippen molar-refractivity contribution in [1.82, 2.24) is 10.2 Å². The Morgan fingerprint density at radius 1 is 1.62 bits per heavy atom. The molecule has 0 radical (unpaired) electrons. The third-order valence-electron chi connectivity index (χ3n) is 2.74. The molecule has 6 heteroatoms. The number of rotatable bonds is 4. The van der Waals surface area contributed by atoms with E-state index in [1.807, 2.05) is 0 Å². The number of carboxylic acid groups (broad SMARTS) is 1. The number of morpholine rings is 1. The Kier molecular flexibility index (Phi) is 4.70. The lowest BCUT2D eigenvalue weighted by molar-refractivity contribution is -0.149. The van der Waals surface area contributed by atoms with Crippen molar-refractivity contribution in [3.63, 3.8) is 0 Å². The number of aliphatic carboxylic acids is 1. The Bertz CT molecular complexity index is 264. The van der Waals surface area contributed by atoms with Crippen LogP contribution in [0.5, 0.6) is 0 Å². The van der Waals surface area contributed by atoms with Gasteiger partial charge in [-0.3, -0.25) is 4.79 Å². The van der Waals surface area contributed by atoms with Crippen LogP contribution in [-0.2, 0) is 14.3 Å². The average molecular weight is 230 g/mol. The van der Waals surface area contributed by atoms with Gasteiger partial charge in [-0.25, -0.2) is 4.79 Å². The van der Waals surface area contributed by atoms with Crippen LogP contribution in [0.25, 0.3) is 0 Å². The number of carbonyl (C=O) groups is 2. The Morgan fingerprint density at radius 2 is 2.31 bits per heavy atom. The molecule has 1 amide bonds. The maximum absolute atomic E-state index is 11.7. The van der Waals surface area contributed by atoms with Crippen molar-refractivity contribution in [3.8, 4) is 0 Å². The lowest BCUT2D eigenvalue weighted by Gasteiger charge is -2.27. The quantitative estimate of drug-likeness (QED) is 0.667. The molecule has 2 unspecified atom stereocenters. The van der Waals surface area contributed by atoms with Gasteiger partial charge in [0.1, 0.15) is 6.04 Å². The molecule has 0 aromatic heterocycles. The van der Waals surface area contributed by atoms with E-state index in [9.17, 15) is 9.59 Å². The largest absolute Gasteiger partial charge is 0.480 e. The first-order chi connectivity index (χ1) is 7.52. The molecule has 2 N–H and O–H groups in total. The van der Waals surface area contributed by atoms with Crippen molar-refractivity contribution >= 4 is 11.9 Å². The van der Waals surface area contributed by atoms with Gasteiger partial charge in [0.15, 0.2) is 0 Å². The predicted octanol–water partition coefficient (Wildman–Crippen LogP) is -0.704. The van der Waals surface area contributed by atoms with Crippen molar-refractivity contribution in [1.29, 1.82) is 0 Å². The first kappa shape index (κ1) is 12.9. The lowest BCUT2D eigenvalue weighted by Crippen LogP contribution is -2.45. The van der Waals surface area contributed by atoms with Gasteiger partial charge < -0.3 is 20.1 Å². The molecule has 0 saturated carbocycles. The second-order valence-corrected chi connectivity index (χ2v) is 3.92. The van der Waals surface area contributed by atoms with Crippen molar-refractivity contribution in [2.45, 2.75) is 25.5 Å². The van der Waals surface area contributed by atoms with Crippen LogP contribution in [0.1, 0.15) is 13.3 Å². The van der Waals surface area contributed by atoms with E-state index in [0.29, 0.717) is 13.2 Å². The number of ether oxygens (including phenoxy) is 1. The summed E-state index contributed by atoms with van der Waals surface area (Å²) in [6, 6.07) is -0.802. The fourth-order valence-electron chi connectivity index (χ4n) is 1.47. The SMILES string of the molecule is CC(C(=O)O)N(C)C(=O)CC1CNCCO1. The molecule has 1 aliphatic rings. The smallest absolute Gasteiger partial charge is 0.326 e. The minimum absolute atomic E-state index is 0.148. The summed E-state index contributed by atoms with van der Waals surface area (Å²) < 4.78 is 5.38. The molecule has 6 nitrogen and oxygen atoms in total. The fourth-order valence-corrected chi connectivity index (χ4v) is 1.47. The van der Waals surface area contributed by atoms with Gasteiger partial charge in [-0.2, -0.15) is 0 Å². The highest BCUT2D eigenvalue weighted by Crippen LogP contribution is 2.06. The molecule has 0 aliphatic carbocycles. The number of hydrogen-bond donors (Lipinski definition) is 2. The summed E-state index contributed by atoms with van der Waals surface area (Å²) in [6.45, 7) is 3.52. The summed E-state index contributed by atoms with van der Waals surface area (Å²) in [5.74, 6) is -1.21. The summed E-state index contributed by atoms with van der Waals surface area (Å²) in [5.41, 5.74) is 0. The van der Waals surface area contributed by atoms with Crippen LogP contribution < -0.4 is 5.32 Å². The van der Waals surface area contributed by atoms with Gasteiger partial charge in [0.05, 0.1) is 19.1 Å². The third kappa shape index (κ3) is 3.46. The van der Waals surface area contributed by atoms with E-state index in [1.54, 1.807) is 0 Å². The monoisotopic (exact) mass is 230 g/mol. The van der Waals surface area contributed by atoms with E-state index in [0.717, 1.165) is 6.54 Å². The van der Waals surface area contributed by atoms with Crippen molar-refractivity contribution in [3.05, 3.63) is 0 Å². The first-order valence-electron chi connectivity index (χ1n) is 5.33. The molecule has 0 bridgehead atoms. The zero-order chi connectivity index (χ0) is 12.1. The maximum atomic E-state index is 11.7. The number of carboxylic acids is 1. The predicted molar refractivity (Wildman–Crippen MR) is 57.1 cm³/mol. The highest BCUT2D eigenvalue weighted by atomic mass is 16.5. The molecular formula is C10H18N2O4. The Morgan fingerprint density at radius 3 is 2.81 bits per heavy atom. The van der Waals surface area contributed by atoms with Gasteiger partial charge in [0.2, 0.25) is 5.91 Å². The zero-order valence-corrected chi connectivity index (χ0v) is 9.60. The zero-order valence-electron chi connectivity index (χ0n) is 9.60. The van der Waals surface area contributed by atoms with Gasteiger partial charge >= 0.3 is 5.97 Å². The molecule has 16 heavy (non-hydrogen) atoms. The molecule has 1 aliphatic heterocycles. The van der Waals surface area contributed by atoms with Crippen LogP contribution in [0.2, 0.25) is 0 Å². The van der Waals surface area contributed by atoms with Gasteiger partial charge in [0, 0.05) is 20.1 Å². The van der Waals surface area contributed by atoms with Gasteiger partial charge in [-0.05, 0) is 6.92 Å². The molecule has 92 valence electrons. The number of carbonyl (C=O) groups excluding carboxylic acids is 1. The second kappa shape index (κ2) is 5.81. The number of amides is 1. The summed E-state index contributed by atoms with van der Waals surface area (Å²) in [5, 5.41) is 11.9. The minimum Gasteiger partial charge on any atom is -0.480 e. The molecule has 1 rings (SSSR count). The average Bonchev–Trinajstić information content (AvgIpc) is 2.28. The van der Waals surface area contributed by atoms with Crippen molar-refractivity contribution in [2.24, 2.45) is 0 Å². The van der Waals surface area contributed by atoms with E-state index in [1.165, 1.54) is 18.9 Å². The van der Waals surface area contributed by atoms with E-state index in [-0.39, 0.29) is 18.4 Å². The topological polar surface area (TPSA) is 78.9 Å². The van der Waals surface area contributed by atoms with E-state index in [2.05, 4.69) is 5.32 Å². The fraction of sp³-hybridized carbons (Fsp3) is 0.800. The first-order valence-corrected chi connectivity index (χ1v) is 5.33. The molecule has 1 saturated heterocycles. The standard InChI is InChI=1S/C10H18N2O4/c1-7(10(14)15)12(2)9(13)5-8-6-11-3-4-16-8/h7-8,11H,3-6H2,1-2H3,(H,14,15). The van der Waals surface area contributed by atoms with Gasteiger partial charge in [-0.1, -0.05) is 0 Å². The van der Waals surface area contributed by atoms with E-state index in [4.69, 9.17) is 9.84 Å². The van der Waals surface area contributed by atoms with Crippen LogP contribution in [0.4, 0.5) is 0 Å². The molecule has 2 atom stereocenters. The molecular weight excluding hydrogens is 212 g/mol. The molecule has 0 aromatic rings. The molecule has 1 fully saturated rings. The Balaban J connectivity index is 2.41. The van der Waals surface area contributed by atoms with Crippen LogP contribution in [-0.4, -0.2) is 60.8 Å². The summed E-state index contributed by atoms with van der Waals surface area (Å²) >= 11 is 0. The van der Waals surface area contributed by atoms with Crippen LogP contribution in [0, 0.1) is 0 Å². The lowest BCUT2D eigenvalue weighted by atomic mass is 10.2. The number of hydrogen-bond acceptors (Lipinski definition) is 4. The van der Waals surface area contributed by atoms with Gasteiger partial charge in [-0.15, -0.1) is 0 Å². The molecule has 0 aromatic carbocycles. The summed E-state index contributed by atoms with van der Waals surface area (Å²) in [6.07, 6.45) is 0.0749. The third-order valence-corrected chi connectivity index (χ3v) is 2.74. The van der Waals surface area contributed by atoms with Crippen LogP contribution >= 0.6 is 0 Å². The van der Waals surface area contributed by atoms with Crippen molar-refractivity contribution < 1.29 is 19.4 Å². The molecule has 1 heterocycles. The normalized spacial score (nSPS) is 22.5. The highest BCUT2D eigenvalue weighted by Gasteiger charge is 2.25. The Hall–Kier alpha value is -1.14. The van der Waals surface area contributed by atoms with Crippen molar-refractivity contribution in [2.75, 3.05) is 26.7 Å². The van der Waals surface area contributed by atoms with Gasteiger partial charge in [0.25, 0.3) is 0 Å². The van der Waals surface area contributed by atoms with E-state index < -0.39 is 12.0 Å². The van der Waals surface area contributed by atoms with E-state index >= 15 is 0 Å². The number of nitrogens with one attached hydrogen (secondary N) is 1. The highest BCUT2D eigenvalue weighted by molar-refractivity contribution is 5.83. The van der Waals surface area contributed by atoms with Crippen LogP contribution in [0.3, 0.4) is 0 Å². The second-order valence-electron chi connectivity index (χ2n) is 3.92. The summed E-state index contributed by atoms with van der Waals surface area (Å²) in [7, 11) is 1.50. The minimum atomic E-state index is -1.00. The number of likely N-dealkylation sites (N-methyl/N-ethyl adjacent to an activating group) is 1. The summed E-state index contributed by atoms with van der Waals surface area (Å²) in [4.78, 5) is 23.6. The maximum Gasteiger partial charge on any atom is 0.326 e. The van der Waals surface area contributed by atoms with Crippen LogP contribution in [0.15, 0.2) is 0 Å².